The van der Waals surface area contributed by atoms with Crippen molar-refractivity contribution in [2.45, 2.75) is 20.3 Å². The van der Waals surface area contributed by atoms with Crippen molar-refractivity contribution in [2.24, 2.45) is 0 Å². The van der Waals surface area contributed by atoms with Crippen LogP contribution in [0.5, 0.6) is 5.88 Å². The minimum atomic E-state index is -0.278. The molecule has 0 atom stereocenters. The van der Waals surface area contributed by atoms with Crippen LogP contribution in [0.1, 0.15) is 20.3 Å². The maximum Gasteiger partial charge on any atom is 0.233 e. The molecule has 0 saturated carbocycles. The molecule has 0 aliphatic carbocycles. The zero-order valence-electron chi connectivity index (χ0n) is 14.0. The first-order chi connectivity index (χ1) is 12.1. The van der Waals surface area contributed by atoms with Crippen molar-refractivity contribution in [3.63, 3.8) is 0 Å². The van der Waals surface area contributed by atoms with Gasteiger partial charge in [-0.25, -0.2) is 9.37 Å². The minimum Gasteiger partial charge on any atom is -0.477 e. The predicted molar refractivity (Wildman–Crippen MR) is 95.0 cm³/mol. The normalized spacial score (nSPS) is 10.7. The first-order valence-corrected chi connectivity index (χ1v) is 8.05. The Labute approximate surface area is 144 Å². The van der Waals surface area contributed by atoms with Crippen molar-refractivity contribution in [1.82, 2.24) is 9.97 Å². The number of anilines is 1. The predicted octanol–water partition coefficient (Wildman–Crippen LogP) is 4.18. The summed E-state index contributed by atoms with van der Waals surface area (Å²) in [6.45, 7) is 3.91. The second-order valence-electron chi connectivity index (χ2n) is 5.62. The Morgan fingerprint density at radius 3 is 2.52 bits per heavy atom. The third kappa shape index (κ3) is 3.91. The lowest BCUT2D eigenvalue weighted by atomic mass is 10.0. The van der Waals surface area contributed by atoms with Crippen LogP contribution in [-0.4, -0.2) is 22.5 Å². The third-order valence-electron chi connectivity index (χ3n) is 3.57. The summed E-state index contributed by atoms with van der Waals surface area (Å²) in [4.78, 5) is 19.9. The molecule has 0 saturated heterocycles. The highest BCUT2D eigenvalue weighted by Crippen LogP contribution is 2.29. The number of hydrogen-bond donors (Lipinski definition) is 1. The molecular weight excluding hydrogens is 321 g/mol. The van der Waals surface area contributed by atoms with E-state index in [0.29, 0.717) is 18.0 Å². The number of carbonyl (C=O) groups is 1. The molecule has 1 aromatic heterocycles. The van der Waals surface area contributed by atoms with Crippen LogP contribution in [0.2, 0.25) is 0 Å². The molecule has 0 spiro atoms. The molecule has 0 aliphatic heterocycles. The lowest BCUT2D eigenvalue weighted by Gasteiger charge is -2.11. The number of amides is 1. The first-order valence-electron chi connectivity index (χ1n) is 8.05. The highest BCUT2D eigenvalue weighted by molar-refractivity contribution is 5.92. The molecule has 0 radical (unpaired) electrons. The fraction of sp³-hybridized carbons (Fsp3) is 0.211. The molecule has 0 fully saturated rings. The number of nitrogens with zero attached hydrogens (tertiary/aromatic N) is 2. The molecule has 1 N–H and O–H groups in total. The average molecular weight is 339 g/mol. The van der Waals surface area contributed by atoms with Gasteiger partial charge in [-0.2, -0.15) is 4.98 Å². The van der Waals surface area contributed by atoms with E-state index in [1.54, 1.807) is 12.1 Å². The minimum absolute atomic E-state index is 0.209. The Kier molecular flexibility index (Phi) is 4.88. The van der Waals surface area contributed by atoms with Crippen molar-refractivity contribution >= 4 is 22.8 Å². The van der Waals surface area contributed by atoms with Gasteiger partial charge in [-0.3, -0.25) is 10.1 Å². The lowest BCUT2D eigenvalue weighted by molar-refractivity contribution is -0.114. The van der Waals surface area contributed by atoms with Gasteiger partial charge < -0.3 is 4.74 Å². The Hall–Kier alpha value is -3.02. The molecule has 25 heavy (non-hydrogen) atoms. The van der Waals surface area contributed by atoms with E-state index in [0.717, 1.165) is 22.9 Å². The molecule has 3 aromatic rings. The van der Waals surface area contributed by atoms with E-state index in [-0.39, 0.29) is 17.7 Å². The summed E-state index contributed by atoms with van der Waals surface area (Å²) in [5.74, 6) is 0.101. The first kappa shape index (κ1) is 16.8. The Balaban J connectivity index is 2.09. The topological polar surface area (TPSA) is 64.1 Å². The van der Waals surface area contributed by atoms with E-state index in [4.69, 9.17) is 4.74 Å². The Morgan fingerprint density at radius 1 is 1.12 bits per heavy atom. The molecule has 1 amide bonds. The van der Waals surface area contributed by atoms with Gasteiger partial charge in [-0.15, -0.1) is 0 Å². The van der Waals surface area contributed by atoms with Crippen LogP contribution >= 0.6 is 0 Å². The molecule has 2 aromatic carbocycles. The number of nitrogens with one attached hydrogen (secondary N) is 1. The third-order valence-corrected chi connectivity index (χ3v) is 3.57. The summed E-state index contributed by atoms with van der Waals surface area (Å²) < 4.78 is 18.9. The Bertz CT molecular complexity index is 910. The molecule has 1 heterocycles. The van der Waals surface area contributed by atoms with E-state index in [1.165, 1.54) is 19.1 Å². The van der Waals surface area contributed by atoms with Crippen molar-refractivity contribution in [1.29, 1.82) is 0 Å². The van der Waals surface area contributed by atoms with Crippen LogP contribution in [0.3, 0.4) is 0 Å². The summed E-state index contributed by atoms with van der Waals surface area (Å²) in [7, 11) is 0. The van der Waals surface area contributed by atoms with E-state index in [1.807, 2.05) is 25.1 Å². The number of halogens is 1. The second kappa shape index (κ2) is 7.25. The summed E-state index contributed by atoms with van der Waals surface area (Å²) in [6, 6.07) is 11.9. The molecule has 5 nitrogen and oxygen atoms in total. The van der Waals surface area contributed by atoms with E-state index in [9.17, 15) is 9.18 Å². The number of aromatic nitrogens is 2. The standard InChI is InChI=1S/C19H18FN3O2/c1-3-10-25-18-16-11-14(13-4-7-15(20)8-5-13)6-9-17(16)22-19(23-18)21-12(2)24/h4-9,11H,3,10H2,1-2H3,(H,21,22,23,24). The van der Waals surface area contributed by atoms with Crippen LogP contribution in [0.4, 0.5) is 10.3 Å². The number of benzene rings is 2. The van der Waals surface area contributed by atoms with Gasteiger partial charge in [0.05, 0.1) is 17.5 Å². The molecule has 0 bridgehead atoms. The largest absolute Gasteiger partial charge is 0.477 e. The summed E-state index contributed by atoms with van der Waals surface area (Å²) >= 11 is 0. The van der Waals surface area contributed by atoms with Crippen molar-refractivity contribution in [3.05, 3.63) is 48.3 Å². The van der Waals surface area contributed by atoms with Crippen LogP contribution < -0.4 is 10.1 Å². The number of hydrogen-bond acceptors (Lipinski definition) is 4. The van der Waals surface area contributed by atoms with E-state index in [2.05, 4.69) is 15.3 Å². The maximum atomic E-state index is 13.1. The van der Waals surface area contributed by atoms with E-state index >= 15 is 0 Å². The fourth-order valence-electron chi connectivity index (χ4n) is 2.44. The highest BCUT2D eigenvalue weighted by Gasteiger charge is 2.11. The SMILES string of the molecule is CCCOc1nc(NC(C)=O)nc2ccc(-c3ccc(F)cc3)cc12. The van der Waals surface area contributed by atoms with Gasteiger partial charge in [0.15, 0.2) is 0 Å². The molecule has 0 unspecified atom stereocenters. The smallest absolute Gasteiger partial charge is 0.233 e. The molecule has 0 aliphatic rings. The zero-order valence-corrected chi connectivity index (χ0v) is 14.0. The summed E-state index contributed by atoms with van der Waals surface area (Å²) in [5.41, 5.74) is 2.45. The summed E-state index contributed by atoms with van der Waals surface area (Å²) in [6.07, 6.45) is 0.832. The second-order valence-corrected chi connectivity index (χ2v) is 5.62. The van der Waals surface area contributed by atoms with Crippen molar-refractivity contribution in [3.8, 4) is 17.0 Å². The molecule has 128 valence electrons. The Morgan fingerprint density at radius 2 is 1.84 bits per heavy atom. The van der Waals surface area contributed by atoms with Gasteiger partial charge >= 0.3 is 0 Å². The fourth-order valence-corrected chi connectivity index (χ4v) is 2.44. The van der Waals surface area contributed by atoms with Crippen molar-refractivity contribution < 1.29 is 13.9 Å². The molecule has 6 heteroatoms. The maximum absolute atomic E-state index is 13.1. The van der Waals surface area contributed by atoms with Gasteiger partial charge in [0.25, 0.3) is 0 Å². The van der Waals surface area contributed by atoms with Crippen LogP contribution in [-0.2, 0) is 4.79 Å². The number of ether oxygens (including phenoxy) is 1. The monoisotopic (exact) mass is 339 g/mol. The summed E-state index contributed by atoms with van der Waals surface area (Å²) in [5, 5.41) is 3.32. The molecule has 3 rings (SSSR count). The number of carbonyl (C=O) groups excluding carboxylic acids is 1. The number of rotatable bonds is 5. The highest BCUT2D eigenvalue weighted by atomic mass is 19.1. The van der Waals surface area contributed by atoms with Gasteiger partial charge in [0.2, 0.25) is 17.7 Å². The quantitative estimate of drug-likeness (QED) is 0.757. The lowest BCUT2D eigenvalue weighted by Crippen LogP contribution is -2.10. The molecular formula is C19H18FN3O2. The average Bonchev–Trinajstić information content (AvgIpc) is 2.59. The number of fused-ring (bicyclic) bond motifs is 1. The van der Waals surface area contributed by atoms with Crippen LogP contribution in [0, 0.1) is 5.82 Å². The van der Waals surface area contributed by atoms with Crippen LogP contribution in [0.25, 0.3) is 22.0 Å². The van der Waals surface area contributed by atoms with E-state index < -0.39 is 0 Å². The van der Waals surface area contributed by atoms with Gasteiger partial charge in [0, 0.05) is 6.92 Å². The van der Waals surface area contributed by atoms with Crippen molar-refractivity contribution in [2.75, 3.05) is 11.9 Å². The van der Waals surface area contributed by atoms with Gasteiger partial charge in [0.1, 0.15) is 5.82 Å². The van der Waals surface area contributed by atoms with Gasteiger partial charge in [-0.1, -0.05) is 25.1 Å². The van der Waals surface area contributed by atoms with Gasteiger partial charge in [-0.05, 0) is 41.8 Å². The van der Waals surface area contributed by atoms with Crippen LogP contribution in [0.15, 0.2) is 42.5 Å². The zero-order chi connectivity index (χ0) is 17.8.